The third-order valence-electron chi connectivity index (χ3n) is 2.85. The highest BCUT2D eigenvalue weighted by Crippen LogP contribution is 2.28. The molecular formula is C15H13ClF2O2. The molecule has 2 rings (SSSR count). The Hall–Kier alpha value is -1.65. The van der Waals surface area contributed by atoms with Crippen LogP contribution in [-0.4, -0.2) is 5.11 Å². The molecular weight excluding hydrogens is 286 g/mol. The van der Waals surface area contributed by atoms with Crippen LogP contribution in [0.2, 0.25) is 5.02 Å². The van der Waals surface area contributed by atoms with Crippen LogP contribution in [0.1, 0.15) is 24.2 Å². The molecule has 2 aromatic carbocycles. The van der Waals surface area contributed by atoms with Crippen LogP contribution in [-0.2, 0) is 6.61 Å². The number of benzene rings is 2. The second-order valence-corrected chi connectivity index (χ2v) is 4.77. The first-order valence-electron chi connectivity index (χ1n) is 6.02. The summed E-state index contributed by atoms with van der Waals surface area (Å²) < 4.78 is 31.9. The molecule has 5 heteroatoms. The van der Waals surface area contributed by atoms with Gasteiger partial charge in [0.25, 0.3) is 0 Å². The maximum atomic E-state index is 13.5. The topological polar surface area (TPSA) is 29.5 Å². The summed E-state index contributed by atoms with van der Waals surface area (Å²) in [7, 11) is 0. The van der Waals surface area contributed by atoms with Crippen LogP contribution in [0.25, 0.3) is 0 Å². The van der Waals surface area contributed by atoms with Crippen LogP contribution in [0.3, 0.4) is 0 Å². The third kappa shape index (κ3) is 3.26. The van der Waals surface area contributed by atoms with Crippen LogP contribution in [0, 0.1) is 11.6 Å². The van der Waals surface area contributed by atoms with E-state index in [1.165, 1.54) is 12.1 Å². The molecule has 20 heavy (non-hydrogen) atoms. The van der Waals surface area contributed by atoms with Gasteiger partial charge >= 0.3 is 0 Å². The van der Waals surface area contributed by atoms with Crippen molar-refractivity contribution in [2.24, 2.45) is 0 Å². The summed E-state index contributed by atoms with van der Waals surface area (Å²) >= 11 is 6.01. The van der Waals surface area contributed by atoms with Crippen molar-refractivity contribution in [2.75, 3.05) is 0 Å². The highest BCUT2D eigenvalue weighted by molar-refractivity contribution is 6.32. The zero-order chi connectivity index (χ0) is 14.7. The van der Waals surface area contributed by atoms with E-state index in [1.54, 1.807) is 25.1 Å². The minimum absolute atomic E-state index is 0.112. The van der Waals surface area contributed by atoms with Gasteiger partial charge in [-0.1, -0.05) is 29.8 Å². The van der Waals surface area contributed by atoms with Gasteiger partial charge in [0.2, 0.25) is 0 Å². The molecule has 2 aromatic rings. The molecule has 0 aliphatic rings. The molecule has 1 atom stereocenters. The second kappa shape index (κ2) is 6.20. The van der Waals surface area contributed by atoms with E-state index in [0.717, 1.165) is 6.07 Å². The van der Waals surface area contributed by atoms with Crippen LogP contribution < -0.4 is 4.74 Å². The first-order chi connectivity index (χ1) is 9.49. The molecule has 0 aromatic heterocycles. The van der Waals surface area contributed by atoms with Crippen molar-refractivity contribution in [3.8, 4) is 5.75 Å². The van der Waals surface area contributed by atoms with Crippen molar-refractivity contribution < 1.29 is 18.6 Å². The zero-order valence-electron chi connectivity index (χ0n) is 10.7. The Morgan fingerprint density at radius 1 is 1.25 bits per heavy atom. The number of aliphatic hydroxyl groups excluding tert-OH is 1. The monoisotopic (exact) mass is 298 g/mol. The molecule has 0 saturated carbocycles. The van der Waals surface area contributed by atoms with Crippen LogP contribution in [0.4, 0.5) is 8.78 Å². The Balaban J connectivity index is 2.13. The first kappa shape index (κ1) is 14.8. The lowest BCUT2D eigenvalue weighted by Crippen LogP contribution is -2.01. The van der Waals surface area contributed by atoms with E-state index >= 15 is 0 Å². The van der Waals surface area contributed by atoms with Gasteiger partial charge in [0.05, 0.1) is 11.1 Å². The van der Waals surface area contributed by atoms with Gasteiger partial charge in [0, 0.05) is 5.56 Å². The predicted octanol–water partition coefficient (Wildman–Crippen LogP) is 4.25. The molecule has 106 valence electrons. The van der Waals surface area contributed by atoms with Crippen molar-refractivity contribution >= 4 is 11.6 Å². The van der Waals surface area contributed by atoms with Crippen molar-refractivity contribution in [1.82, 2.24) is 0 Å². The van der Waals surface area contributed by atoms with Gasteiger partial charge in [0.1, 0.15) is 12.4 Å². The van der Waals surface area contributed by atoms with Crippen molar-refractivity contribution in [1.29, 1.82) is 0 Å². The highest BCUT2D eigenvalue weighted by atomic mass is 35.5. The molecule has 0 amide bonds. The molecule has 0 aliphatic carbocycles. The van der Waals surface area contributed by atoms with Crippen molar-refractivity contribution in [3.63, 3.8) is 0 Å². The molecule has 0 bridgehead atoms. The molecule has 0 aliphatic heterocycles. The van der Waals surface area contributed by atoms with Crippen molar-refractivity contribution in [3.05, 3.63) is 64.2 Å². The first-order valence-corrected chi connectivity index (χ1v) is 6.40. The number of hydrogen-bond donors (Lipinski definition) is 1. The molecule has 1 N–H and O–H groups in total. The van der Waals surface area contributed by atoms with E-state index in [1.807, 2.05) is 0 Å². The lowest BCUT2D eigenvalue weighted by molar-refractivity contribution is 0.199. The normalized spacial score (nSPS) is 12.2. The Morgan fingerprint density at radius 2 is 2.00 bits per heavy atom. The van der Waals surface area contributed by atoms with Gasteiger partial charge in [-0.3, -0.25) is 0 Å². The SMILES string of the molecule is CC(O)c1ccc(OCc2cccc(F)c2F)c(Cl)c1. The zero-order valence-corrected chi connectivity index (χ0v) is 11.5. The fourth-order valence-corrected chi connectivity index (χ4v) is 1.95. The summed E-state index contributed by atoms with van der Waals surface area (Å²) in [5, 5.41) is 9.73. The number of halogens is 3. The number of rotatable bonds is 4. The Kier molecular flexibility index (Phi) is 4.57. The summed E-state index contributed by atoms with van der Waals surface area (Å²) in [6.07, 6.45) is -0.637. The molecule has 2 nitrogen and oxygen atoms in total. The maximum Gasteiger partial charge on any atom is 0.165 e. The fourth-order valence-electron chi connectivity index (χ4n) is 1.71. The van der Waals surface area contributed by atoms with Gasteiger partial charge < -0.3 is 9.84 Å². The summed E-state index contributed by atoms with van der Waals surface area (Å²) in [4.78, 5) is 0. The lowest BCUT2D eigenvalue weighted by atomic mass is 10.1. The minimum Gasteiger partial charge on any atom is -0.487 e. The van der Waals surface area contributed by atoms with E-state index < -0.39 is 17.7 Å². The third-order valence-corrected chi connectivity index (χ3v) is 3.15. The number of aliphatic hydroxyl groups is 1. The number of hydrogen-bond acceptors (Lipinski definition) is 2. The summed E-state index contributed by atoms with van der Waals surface area (Å²) in [5.41, 5.74) is 0.764. The van der Waals surface area contributed by atoms with E-state index in [-0.39, 0.29) is 12.2 Å². The molecule has 0 heterocycles. The van der Waals surface area contributed by atoms with E-state index in [2.05, 4.69) is 0 Å². The smallest absolute Gasteiger partial charge is 0.165 e. The average Bonchev–Trinajstić information content (AvgIpc) is 2.41. The summed E-state index contributed by atoms with van der Waals surface area (Å²) in [6.45, 7) is 1.49. The largest absolute Gasteiger partial charge is 0.487 e. The van der Waals surface area contributed by atoms with E-state index in [9.17, 15) is 13.9 Å². The molecule has 0 radical (unpaired) electrons. The van der Waals surface area contributed by atoms with Crippen LogP contribution in [0.15, 0.2) is 36.4 Å². The van der Waals surface area contributed by atoms with Gasteiger partial charge in [-0.25, -0.2) is 8.78 Å². The summed E-state index contributed by atoms with van der Waals surface area (Å²) in [6, 6.07) is 8.72. The van der Waals surface area contributed by atoms with Gasteiger partial charge in [-0.05, 0) is 30.7 Å². The molecule has 0 spiro atoms. The van der Waals surface area contributed by atoms with Crippen molar-refractivity contribution in [2.45, 2.75) is 19.6 Å². The van der Waals surface area contributed by atoms with Crippen LogP contribution in [0.5, 0.6) is 5.75 Å². The fraction of sp³-hybridized carbons (Fsp3) is 0.200. The van der Waals surface area contributed by atoms with Gasteiger partial charge in [0.15, 0.2) is 11.6 Å². The Labute approximate surface area is 120 Å². The minimum atomic E-state index is -0.927. The Bertz CT molecular complexity index is 615. The molecule has 1 unspecified atom stereocenters. The van der Waals surface area contributed by atoms with Gasteiger partial charge in [-0.15, -0.1) is 0 Å². The maximum absolute atomic E-state index is 13.5. The van der Waals surface area contributed by atoms with E-state index in [4.69, 9.17) is 16.3 Å². The van der Waals surface area contributed by atoms with Gasteiger partial charge in [-0.2, -0.15) is 0 Å². The standard InChI is InChI=1S/C15H13ClF2O2/c1-9(19)10-5-6-14(12(16)7-10)20-8-11-3-2-4-13(17)15(11)18/h2-7,9,19H,8H2,1H3. The number of ether oxygens (including phenoxy) is 1. The average molecular weight is 299 g/mol. The Morgan fingerprint density at radius 3 is 2.65 bits per heavy atom. The quantitative estimate of drug-likeness (QED) is 0.914. The molecule has 0 fully saturated rings. The predicted molar refractivity (Wildman–Crippen MR) is 72.8 cm³/mol. The highest BCUT2D eigenvalue weighted by Gasteiger charge is 2.10. The summed E-state index contributed by atoms with van der Waals surface area (Å²) in [5.74, 6) is -1.49. The molecule has 0 saturated heterocycles. The second-order valence-electron chi connectivity index (χ2n) is 4.37. The van der Waals surface area contributed by atoms with Crippen LogP contribution >= 0.6 is 11.6 Å². The lowest BCUT2D eigenvalue weighted by Gasteiger charge is -2.11. The van der Waals surface area contributed by atoms with E-state index in [0.29, 0.717) is 16.3 Å².